The highest BCUT2D eigenvalue weighted by molar-refractivity contribution is 7.59. The maximum absolute atomic E-state index is 8.88. The van der Waals surface area contributed by atoms with Crippen LogP contribution in [0.5, 0.6) is 0 Å². The Hall–Kier alpha value is 0.0200. The van der Waals surface area contributed by atoms with Gasteiger partial charge < -0.3 is 14.7 Å². The molecule has 0 spiro atoms. The van der Waals surface area contributed by atoms with Crippen molar-refractivity contribution in [1.29, 1.82) is 0 Å². The van der Waals surface area contributed by atoms with E-state index >= 15 is 0 Å². The van der Waals surface area contributed by atoms with Crippen molar-refractivity contribution in [2.45, 2.75) is 0 Å². The number of phosphoric acid groups is 1. The Kier molecular flexibility index (Phi) is 13.8. The molecule has 0 saturated carbocycles. The average Bonchev–Trinajstić information content (AvgIpc) is 1.36. The molecule has 8 heavy (non-hydrogen) atoms. The molecule has 50 valence electrons. The van der Waals surface area contributed by atoms with Crippen LogP contribution in [0.4, 0.5) is 0 Å². The highest BCUT2D eigenvalue weighted by Gasteiger charge is 2.00. The molecule has 0 saturated heterocycles. The summed E-state index contributed by atoms with van der Waals surface area (Å²) in [6.45, 7) is 0. The summed E-state index contributed by atoms with van der Waals surface area (Å²) in [6, 6.07) is 0. The van der Waals surface area contributed by atoms with Gasteiger partial charge in [-0.15, -0.1) is 12.8 Å². The van der Waals surface area contributed by atoms with Crippen LogP contribution in [0.3, 0.4) is 0 Å². The Morgan fingerprint density at radius 3 is 1.12 bits per heavy atom. The molecular weight excluding hydrogens is 151 g/mol. The van der Waals surface area contributed by atoms with E-state index in [1.807, 2.05) is 0 Å². The van der Waals surface area contributed by atoms with Gasteiger partial charge in [0.25, 0.3) is 0 Å². The lowest BCUT2D eigenvalue weighted by molar-refractivity contribution is 0.275. The fourth-order valence-electron chi connectivity index (χ4n) is 0. The second-order valence-electron chi connectivity index (χ2n) is 0.513. The third-order valence-corrected chi connectivity index (χ3v) is 0. The van der Waals surface area contributed by atoms with E-state index in [9.17, 15) is 0 Å². The van der Waals surface area contributed by atoms with Crippen molar-refractivity contribution < 1.29 is 19.2 Å². The molecule has 0 fully saturated rings. The van der Waals surface area contributed by atoms with Crippen LogP contribution in [-0.2, 0) is 4.57 Å². The predicted molar refractivity (Wildman–Crippen MR) is 34.5 cm³/mol. The maximum atomic E-state index is 8.88. The van der Waals surface area contributed by atoms with Crippen LogP contribution in [0.2, 0.25) is 0 Å². The maximum Gasteiger partial charge on any atom is 0.466 e. The lowest BCUT2D eigenvalue weighted by atomic mass is 11.4. The Morgan fingerprint density at radius 2 is 1.12 bits per heavy atom. The van der Waals surface area contributed by atoms with Crippen molar-refractivity contribution in [1.82, 2.24) is 0 Å². The number of terminal acetylenes is 1. The first-order valence-corrected chi connectivity index (χ1v) is 2.68. The number of rotatable bonds is 0. The molecule has 0 aliphatic rings. The van der Waals surface area contributed by atoms with Gasteiger partial charge in [-0.1, -0.05) is 0 Å². The Morgan fingerprint density at radius 1 is 1.12 bits per heavy atom. The molecule has 0 aliphatic carbocycles. The van der Waals surface area contributed by atoms with E-state index in [4.69, 9.17) is 19.2 Å². The summed E-state index contributed by atoms with van der Waals surface area (Å²) in [6.07, 6.45) is 8.00. The summed E-state index contributed by atoms with van der Waals surface area (Å²) in [5.41, 5.74) is 0. The van der Waals surface area contributed by atoms with Gasteiger partial charge in [0.2, 0.25) is 0 Å². The average molecular weight is 158 g/mol. The van der Waals surface area contributed by atoms with Crippen molar-refractivity contribution in [2.24, 2.45) is 0 Å². The third-order valence-electron chi connectivity index (χ3n) is 0. The lowest BCUT2D eigenvalue weighted by Crippen LogP contribution is -1.66. The van der Waals surface area contributed by atoms with Crippen LogP contribution in [-0.4, -0.2) is 14.7 Å². The summed E-state index contributed by atoms with van der Waals surface area (Å²) < 4.78 is 8.88. The summed E-state index contributed by atoms with van der Waals surface area (Å²) in [7, 11) is -4.64. The Labute approximate surface area is 54.2 Å². The highest BCUT2D eigenvalue weighted by atomic mass is 32.1. The van der Waals surface area contributed by atoms with Crippen molar-refractivity contribution in [3.8, 4) is 12.8 Å². The van der Waals surface area contributed by atoms with Crippen LogP contribution in [0, 0.1) is 12.8 Å². The molecule has 4 nitrogen and oxygen atoms in total. The lowest BCUT2D eigenvalue weighted by Gasteiger charge is -1.82. The normalized spacial score (nSPS) is 7.62. The second kappa shape index (κ2) is 7.02. The van der Waals surface area contributed by atoms with E-state index in [-0.39, 0.29) is 13.5 Å². The van der Waals surface area contributed by atoms with Crippen molar-refractivity contribution in [2.75, 3.05) is 0 Å². The van der Waals surface area contributed by atoms with Gasteiger partial charge in [-0.2, -0.15) is 13.5 Å². The topological polar surface area (TPSA) is 77.8 Å². The van der Waals surface area contributed by atoms with Crippen molar-refractivity contribution >= 4 is 21.3 Å². The minimum absolute atomic E-state index is 0. The SMILES string of the molecule is C#C.O=P(O)(O)O.S. The van der Waals surface area contributed by atoms with E-state index in [0.717, 1.165) is 0 Å². The smallest absolute Gasteiger partial charge is 0.303 e. The first kappa shape index (κ1) is 15.7. The van der Waals surface area contributed by atoms with E-state index < -0.39 is 7.82 Å². The Balaban J connectivity index is -0.0000000750. The summed E-state index contributed by atoms with van der Waals surface area (Å²) in [5, 5.41) is 0. The largest absolute Gasteiger partial charge is 0.466 e. The summed E-state index contributed by atoms with van der Waals surface area (Å²) in [5.74, 6) is 0. The van der Waals surface area contributed by atoms with Crippen LogP contribution in [0.25, 0.3) is 0 Å². The zero-order valence-electron chi connectivity index (χ0n) is 3.85. The van der Waals surface area contributed by atoms with Gasteiger partial charge in [0, 0.05) is 0 Å². The van der Waals surface area contributed by atoms with Crippen molar-refractivity contribution in [3.63, 3.8) is 0 Å². The molecule has 6 heteroatoms. The van der Waals surface area contributed by atoms with Gasteiger partial charge in [0.15, 0.2) is 0 Å². The molecule has 0 atom stereocenters. The fraction of sp³-hybridized carbons (Fsp3) is 0. The van der Waals surface area contributed by atoms with Gasteiger partial charge in [0.1, 0.15) is 0 Å². The molecule has 3 N–H and O–H groups in total. The summed E-state index contributed by atoms with van der Waals surface area (Å²) in [4.78, 5) is 21.6. The van der Waals surface area contributed by atoms with Crippen LogP contribution in [0.1, 0.15) is 0 Å². The molecule has 0 radical (unpaired) electrons. The first-order valence-electron chi connectivity index (χ1n) is 1.12. The highest BCUT2D eigenvalue weighted by Crippen LogP contribution is 2.25. The van der Waals surface area contributed by atoms with E-state index in [1.165, 1.54) is 0 Å². The molecular formula is C2H7O4PS. The molecule has 0 amide bonds. The molecule has 0 aromatic rings. The molecule has 0 aromatic carbocycles. The van der Waals surface area contributed by atoms with Gasteiger partial charge in [-0.25, -0.2) is 4.57 Å². The van der Waals surface area contributed by atoms with Crippen LogP contribution in [0.15, 0.2) is 0 Å². The predicted octanol–water partition coefficient (Wildman–Crippen LogP) is -0.566. The molecule has 0 bridgehead atoms. The first-order chi connectivity index (χ1) is 3.00. The quantitative estimate of drug-likeness (QED) is 0.326. The molecule has 0 aliphatic heterocycles. The second-order valence-corrected chi connectivity index (χ2v) is 1.54. The fourth-order valence-corrected chi connectivity index (χ4v) is 0. The van der Waals surface area contributed by atoms with Gasteiger partial charge in [-0.3, -0.25) is 0 Å². The molecule has 0 aromatic heterocycles. The number of hydrogen-bond acceptors (Lipinski definition) is 1. The molecule has 0 unspecified atom stereocenters. The van der Waals surface area contributed by atoms with Gasteiger partial charge in [0.05, 0.1) is 0 Å². The van der Waals surface area contributed by atoms with Crippen molar-refractivity contribution in [3.05, 3.63) is 0 Å². The zero-order chi connectivity index (χ0) is 6.50. The minimum Gasteiger partial charge on any atom is -0.303 e. The monoisotopic (exact) mass is 158 g/mol. The minimum atomic E-state index is -4.64. The van der Waals surface area contributed by atoms with E-state index in [1.54, 1.807) is 0 Å². The van der Waals surface area contributed by atoms with E-state index in [0.29, 0.717) is 0 Å². The Bertz CT molecular complexity index is 85.2. The number of hydrogen-bond donors (Lipinski definition) is 3. The van der Waals surface area contributed by atoms with Gasteiger partial charge >= 0.3 is 7.82 Å². The summed E-state index contributed by atoms with van der Waals surface area (Å²) >= 11 is 0. The van der Waals surface area contributed by atoms with Crippen LogP contribution >= 0.6 is 21.3 Å². The standard InChI is InChI=1S/C2H2.H3O4P.H2S/c1-2;1-5(2,3)4;/h1-2H;(H3,1,2,3,4);1H2. The van der Waals surface area contributed by atoms with Crippen LogP contribution < -0.4 is 0 Å². The zero-order valence-corrected chi connectivity index (χ0v) is 5.75. The molecule has 0 rings (SSSR count). The van der Waals surface area contributed by atoms with Gasteiger partial charge in [-0.05, 0) is 0 Å². The molecule has 0 heterocycles. The third kappa shape index (κ3) is 379000. The van der Waals surface area contributed by atoms with E-state index in [2.05, 4.69) is 12.8 Å².